The largest absolute Gasteiger partial charge is 0.381 e. The Bertz CT molecular complexity index is 251. The second kappa shape index (κ2) is 2.18. The standard InChI is InChI=1S/C6H11NO3S/c1-11(8,9)7-6-4-2-10-3-5(4)6/h4-7H,2-3H2,1H3/t4-,5-/m0/s1. The molecule has 4 nitrogen and oxygen atoms in total. The minimum absolute atomic E-state index is 0.166. The monoisotopic (exact) mass is 177 g/mol. The highest BCUT2D eigenvalue weighted by atomic mass is 32.2. The Morgan fingerprint density at radius 1 is 1.36 bits per heavy atom. The van der Waals surface area contributed by atoms with Gasteiger partial charge >= 0.3 is 0 Å². The Balaban J connectivity index is 1.93. The molecule has 2 atom stereocenters. The van der Waals surface area contributed by atoms with E-state index < -0.39 is 10.0 Å². The Kier molecular flexibility index (Phi) is 1.49. The summed E-state index contributed by atoms with van der Waals surface area (Å²) >= 11 is 0. The Labute approximate surface area is 66.0 Å². The lowest BCUT2D eigenvalue weighted by atomic mass is 10.4. The second-order valence-corrected chi connectivity index (χ2v) is 5.06. The minimum atomic E-state index is -3.01. The first kappa shape index (κ1) is 7.52. The van der Waals surface area contributed by atoms with E-state index in [2.05, 4.69) is 4.72 Å². The molecule has 0 bridgehead atoms. The van der Waals surface area contributed by atoms with Crippen LogP contribution in [0, 0.1) is 11.8 Å². The lowest BCUT2D eigenvalue weighted by molar-refractivity contribution is 0.159. The van der Waals surface area contributed by atoms with E-state index in [0.717, 1.165) is 13.2 Å². The third-order valence-electron chi connectivity index (χ3n) is 2.30. The van der Waals surface area contributed by atoms with E-state index in [1.54, 1.807) is 0 Å². The van der Waals surface area contributed by atoms with Crippen molar-refractivity contribution in [1.82, 2.24) is 4.72 Å². The number of ether oxygens (including phenoxy) is 1. The van der Waals surface area contributed by atoms with Crippen LogP contribution in [0.5, 0.6) is 0 Å². The number of nitrogens with one attached hydrogen (secondary N) is 1. The van der Waals surface area contributed by atoms with Crippen LogP contribution in [0.25, 0.3) is 0 Å². The minimum Gasteiger partial charge on any atom is -0.381 e. The maximum absolute atomic E-state index is 10.8. The molecule has 1 N–H and O–H groups in total. The summed E-state index contributed by atoms with van der Waals surface area (Å²) in [5.41, 5.74) is 0. The fraction of sp³-hybridized carbons (Fsp3) is 1.00. The summed E-state index contributed by atoms with van der Waals surface area (Å²) in [5, 5.41) is 0. The van der Waals surface area contributed by atoms with Gasteiger partial charge in [0.05, 0.1) is 19.5 Å². The van der Waals surface area contributed by atoms with Gasteiger partial charge in [0.15, 0.2) is 0 Å². The van der Waals surface area contributed by atoms with Crippen molar-refractivity contribution in [2.45, 2.75) is 6.04 Å². The van der Waals surface area contributed by atoms with Crippen molar-refractivity contribution < 1.29 is 13.2 Å². The molecule has 0 radical (unpaired) electrons. The van der Waals surface area contributed by atoms with Crippen molar-refractivity contribution in [3.05, 3.63) is 0 Å². The molecule has 1 aliphatic heterocycles. The van der Waals surface area contributed by atoms with Gasteiger partial charge in [-0.25, -0.2) is 13.1 Å². The molecule has 2 aliphatic rings. The van der Waals surface area contributed by atoms with Crippen molar-refractivity contribution >= 4 is 10.0 Å². The van der Waals surface area contributed by atoms with Gasteiger partial charge in [-0.3, -0.25) is 0 Å². The van der Waals surface area contributed by atoms with Gasteiger partial charge in [-0.05, 0) is 0 Å². The van der Waals surface area contributed by atoms with Gasteiger partial charge in [0.1, 0.15) is 0 Å². The highest BCUT2D eigenvalue weighted by Gasteiger charge is 2.55. The number of sulfonamides is 1. The van der Waals surface area contributed by atoms with Crippen LogP contribution < -0.4 is 4.72 Å². The quantitative estimate of drug-likeness (QED) is 0.599. The first-order valence-electron chi connectivity index (χ1n) is 3.63. The average Bonchev–Trinajstić information content (AvgIpc) is 2.39. The molecule has 0 aromatic carbocycles. The molecule has 5 heteroatoms. The van der Waals surface area contributed by atoms with Crippen molar-refractivity contribution in [3.63, 3.8) is 0 Å². The normalized spacial score (nSPS) is 42.1. The molecule has 1 saturated heterocycles. The lowest BCUT2D eigenvalue weighted by Gasteiger charge is -2.03. The third kappa shape index (κ3) is 1.40. The molecule has 0 spiro atoms. The van der Waals surface area contributed by atoms with Crippen LogP contribution in [0.3, 0.4) is 0 Å². The van der Waals surface area contributed by atoms with E-state index >= 15 is 0 Å². The number of hydrogen-bond donors (Lipinski definition) is 1. The summed E-state index contributed by atoms with van der Waals surface area (Å²) in [6.45, 7) is 1.44. The van der Waals surface area contributed by atoms with Gasteiger partial charge in [0.2, 0.25) is 10.0 Å². The Hall–Kier alpha value is -0.130. The van der Waals surface area contributed by atoms with Crippen LogP contribution in [0.2, 0.25) is 0 Å². The van der Waals surface area contributed by atoms with Gasteiger partial charge in [-0.15, -0.1) is 0 Å². The van der Waals surface area contributed by atoms with Gasteiger partial charge in [-0.1, -0.05) is 0 Å². The zero-order chi connectivity index (χ0) is 8.06. The van der Waals surface area contributed by atoms with Crippen LogP contribution in [0.1, 0.15) is 0 Å². The van der Waals surface area contributed by atoms with Crippen molar-refractivity contribution in [3.8, 4) is 0 Å². The molecule has 1 heterocycles. The summed E-state index contributed by atoms with van der Waals surface area (Å²) in [6.07, 6.45) is 1.20. The van der Waals surface area contributed by atoms with E-state index in [0.29, 0.717) is 11.8 Å². The van der Waals surface area contributed by atoms with Gasteiger partial charge in [0, 0.05) is 17.9 Å². The first-order valence-corrected chi connectivity index (χ1v) is 5.52. The van der Waals surface area contributed by atoms with E-state index in [9.17, 15) is 8.42 Å². The van der Waals surface area contributed by atoms with E-state index in [4.69, 9.17) is 4.74 Å². The molecule has 0 aromatic heterocycles. The third-order valence-corrected chi connectivity index (χ3v) is 3.00. The summed E-state index contributed by atoms with van der Waals surface area (Å²) in [7, 11) is -3.01. The predicted octanol–water partition coefficient (Wildman–Crippen LogP) is -0.820. The molecule has 11 heavy (non-hydrogen) atoms. The van der Waals surface area contributed by atoms with E-state index in [1.807, 2.05) is 0 Å². The number of fused-ring (bicyclic) bond motifs is 1. The first-order chi connectivity index (χ1) is 5.08. The SMILES string of the molecule is CS(=O)(=O)NC1[C@H]2COC[C@H]12. The van der Waals surface area contributed by atoms with Crippen LogP contribution in [0.4, 0.5) is 0 Å². The fourth-order valence-corrected chi connectivity index (χ4v) is 2.51. The molecule has 0 aromatic rings. The van der Waals surface area contributed by atoms with Gasteiger partial charge < -0.3 is 4.74 Å². The molecular weight excluding hydrogens is 166 g/mol. The number of hydrogen-bond acceptors (Lipinski definition) is 3. The molecule has 0 unspecified atom stereocenters. The predicted molar refractivity (Wildman–Crippen MR) is 39.6 cm³/mol. The Morgan fingerprint density at radius 2 is 1.91 bits per heavy atom. The van der Waals surface area contributed by atoms with Crippen molar-refractivity contribution in [2.24, 2.45) is 11.8 Å². The van der Waals surface area contributed by atoms with Crippen LogP contribution in [0.15, 0.2) is 0 Å². The molecule has 64 valence electrons. The zero-order valence-electron chi connectivity index (χ0n) is 6.28. The van der Waals surface area contributed by atoms with Crippen LogP contribution >= 0.6 is 0 Å². The van der Waals surface area contributed by atoms with Gasteiger partial charge in [0.25, 0.3) is 0 Å². The lowest BCUT2D eigenvalue weighted by Crippen LogP contribution is -2.28. The summed E-state index contributed by atoms with van der Waals surface area (Å²) in [4.78, 5) is 0. The molecule has 1 saturated carbocycles. The van der Waals surface area contributed by atoms with Crippen LogP contribution in [-0.2, 0) is 14.8 Å². The summed E-state index contributed by atoms with van der Waals surface area (Å²) in [5.74, 6) is 0.898. The highest BCUT2D eigenvalue weighted by Crippen LogP contribution is 2.44. The second-order valence-electron chi connectivity index (χ2n) is 3.28. The summed E-state index contributed by atoms with van der Waals surface area (Å²) in [6, 6.07) is 0.166. The maximum atomic E-state index is 10.8. The smallest absolute Gasteiger partial charge is 0.208 e. The molecule has 1 aliphatic carbocycles. The van der Waals surface area contributed by atoms with Crippen LogP contribution in [-0.4, -0.2) is 33.9 Å². The van der Waals surface area contributed by atoms with Gasteiger partial charge in [-0.2, -0.15) is 0 Å². The van der Waals surface area contributed by atoms with E-state index in [1.165, 1.54) is 6.26 Å². The number of rotatable bonds is 2. The molecule has 0 amide bonds. The summed E-state index contributed by atoms with van der Waals surface area (Å²) < 4.78 is 29.2. The topological polar surface area (TPSA) is 55.4 Å². The zero-order valence-corrected chi connectivity index (χ0v) is 7.10. The van der Waals surface area contributed by atoms with E-state index in [-0.39, 0.29) is 6.04 Å². The molecule has 2 fully saturated rings. The highest BCUT2D eigenvalue weighted by molar-refractivity contribution is 7.88. The fourth-order valence-electron chi connectivity index (χ4n) is 1.66. The molecule has 2 rings (SSSR count). The van der Waals surface area contributed by atoms with Crippen molar-refractivity contribution in [2.75, 3.05) is 19.5 Å². The van der Waals surface area contributed by atoms with Crippen molar-refractivity contribution in [1.29, 1.82) is 0 Å². The maximum Gasteiger partial charge on any atom is 0.208 e. The Morgan fingerprint density at radius 3 is 2.36 bits per heavy atom. The average molecular weight is 177 g/mol. The molecular formula is C6H11NO3S.